The van der Waals surface area contributed by atoms with Gasteiger partial charge in [-0.15, -0.1) is 0 Å². The smallest absolute Gasteiger partial charge is 0.409 e. The summed E-state index contributed by atoms with van der Waals surface area (Å²) in [6, 6.07) is 8.64. The lowest BCUT2D eigenvalue weighted by molar-refractivity contribution is -0.134. The van der Waals surface area contributed by atoms with Gasteiger partial charge < -0.3 is 14.5 Å². The lowest BCUT2D eigenvalue weighted by Crippen LogP contribution is -2.51. The van der Waals surface area contributed by atoms with E-state index in [0.717, 1.165) is 19.3 Å². The summed E-state index contributed by atoms with van der Waals surface area (Å²) in [5.41, 5.74) is 2.66. The summed E-state index contributed by atoms with van der Waals surface area (Å²) in [5.74, 6) is 0.149. The van der Waals surface area contributed by atoms with Crippen molar-refractivity contribution in [3.05, 3.63) is 35.4 Å². The first kappa shape index (κ1) is 18.7. The molecule has 1 aliphatic carbocycles. The Hall–Kier alpha value is -2.08. The molecule has 3 rings (SSSR count). The van der Waals surface area contributed by atoms with Gasteiger partial charge in [0.25, 0.3) is 0 Å². The fourth-order valence-electron chi connectivity index (χ4n) is 3.91. The third-order valence-corrected chi connectivity index (χ3v) is 5.46. The van der Waals surface area contributed by atoms with E-state index in [9.17, 15) is 9.59 Å². The highest BCUT2D eigenvalue weighted by Gasteiger charge is 2.29. The van der Waals surface area contributed by atoms with Gasteiger partial charge in [-0.3, -0.25) is 9.69 Å². The minimum absolute atomic E-state index is 0.149. The van der Waals surface area contributed by atoms with Crippen LogP contribution in [0.2, 0.25) is 0 Å². The second kappa shape index (κ2) is 8.54. The third kappa shape index (κ3) is 4.18. The minimum atomic E-state index is -0.255. The topological polar surface area (TPSA) is 53.1 Å². The summed E-state index contributed by atoms with van der Waals surface area (Å²) in [7, 11) is 1.92. The molecule has 0 spiro atoms. The fourth-order valence-corrected chi connectivity index (χ4v) is 3.91. The zero-order chi connectivity index (χ0) is 18.5. The van der Waals surface area contributed by atoms with Crippen LogP contribution in [0.5, 0.6) is 0 Å². The number of amides is 2. The molecule has 0 aromatic heterocycles. The van der Waals surface area contributed by atoms with Crippen LogP contribution in [0.4, 0.5) is 4.79 Å². The van der Waals surface area contributed by atoms with E-state index >= 15 is 0 Å². The molecule has 26 heavy (non-hydrogen) atoms. The number of carbonyl (C=O) groups excluding carboxylic acids is 2. The molecule has 1 heterocycles. The number of nitrogens with zero attached hydrogens (tertiary/aromatic N) is 3. The fraction of sp³-hybridized carbons (Fsp3) is 0.600. The lowest BCUT2D eigenvalue weighted by atomic mass is 9.87. The van der Waals surface area contributed by atoms with Gasteiger partial charge in [0, 0.05) is 33.2 Å². The van der Waals surface area contributed by atoms with Gasteiger partial charge in [-0.25, -0.2) is 4.79 Å². The minimum Gasteiger partial charge on any atom is -0.450 e. The van der Waals surface area contributed by atoms with Gasteiger partial charge in [0.1, 0.15) is 0 Å². The van der Waals surface area contributed by atoms with Crippen molar-refractivity contribution in [2.75, 3.05) is 46.4 Å². The Morgan fingerprint density at radius 2 is 1.92 bits per heavy atom. The van der Waals surface area contributed by atoms with Crippen molar-refractivity contribution >= 4 is 12.0 Å². The Kier molecular flexibility index (Phi) is 6.14. The van der Waals surface area contributed by atoms with Gasteiger partial charge in [-0.2, -0.15) is 0 Å². The summed E-state index contributed by atoms with van der Waals surface area (Å²) >= 11 is 0. The van der Waals surface area contributed by atoms with Crippen molar-refractivity contribution in [3.8, 4) is 0 Å². The summed E-state index contributed by atoms with van der Waals surface area (Å²) in [5, 5.41) is 0. The summed E-state index contributed by atoms with van der Waals surface area (Å²) in [4.78, 5) is 30.3. The Morgan fingerprint density at radius 3 is 2.65 bits per heavy atom. The zero-order valence-electron chi connectivity index (χ0n) is 15.8. The number of aryl methyl sites for hydroxylation is 1. The van der Waals surface area contributed by atoms with Crippen molar-refractivity contribution in [3.63, 3.8) is 0 Å². The van der Waals surface area contributed by atoms with Crippen molar-refractivity contribution < 1.29 is 14.3 Å². The average molecular weight is 359 g/mol. The number of benzene rings is 1. The van der Waals surface area contributed by atoms with Gasteiger partial charge in [0.15, 0.2) is 0 Å². The van der Waals surface area contributed by atoms with E-state index in [4.69, 9.17) is 4.74 Å². The predicted octanol–water partition coefficient (Wildman–Crippen LogP) is 2.30. The van der Waals surface area contributed by atoms with E-state index < -0.39 is 0 Å². The number of piperazine rings is 1. The number of rotatable bonds is 4. The number of fused-ring (bicyclic) bond motifs is 1. The predicted molar refractivity (Wildman–Crippen MR) is 99.9 cm³/mol. The summed E-state index contributed by atoms with van der Waals surface area (Å²) in [6.07, 6.45) is 2.99. The van der Waals surface area contributed by atoms with Gasteiger partial charge >= 0.3 is 6.09 Å². The molecule has 0 N–H and O–H groups in total. The van der Waals surface area contributed by atoms with Crippen molar-refractivity contribution in [2.24, 2.45) is 0 Å². The highest BCUT2D eigenvalue weighted by Crippen LogP contribution is 2.33. The van der Waals surface area contributed by atoms with Crippen molar-refractivity contribution in [1.82, 2.24) is 14.7 Å². The van der Waals surface area contributed by atoms with E-state index in [1.165, 1.54) is 11.1 Å². The molecule has 1 fully saturated rings. The molecule has 0 radical (unpaired) electrons. The molecule has 1 unspecified atom stereocenters. The summed E-state index contributed by atoms with van der Waals surface area (Å²) in [6.45, 7) is 5.26. The van der Waals surface area contributed by atoms with Gasteiger partial charge in [0.2, 0.25) is 5.91 Å². The first-order valence-electron chi connectivity index (χ1n) is 9.57. The van der Waals surface area contributed by atoms with Crippen LogP contribution >= 0.6 is 0 Å². The van der Waals surface area contributed by atoms with Crippen LogP contribution in [0, 0.1) is 0 Å². The third-order valence-electron chi connectivity index (χ3n) is 5.46. The number of ether oxygens (including phenoxy) is 1. The van der Waals surface area contributed by atoms with Crippen molar-refractivity contribution in [1.29, 1.82) is 0 Å². The Balaban J connectivity index is 1.54. The molecular formula is C20H29N3O3. The first-order chi connectivity index (χ1) is 12.6. The highest BCUT2D eigenvalue weighted by molar-refractivity contribution is 5.78. The van der Waals surface area contributed by atoms with Gasteiger partial charge in [0.05, 0.1) is 19.2 Å². The molecule has 6 heteroatoms. The second-order valence-electron chi connectivity index (χ2n) is 7.07. The van der Waals surface area contributed by atoms with Crippen LogP contribution in [0.25, 0.3) is 0 Å². The zero-order valence-corrected chi connectivity index (χ0v) is 15.8. The maximum Gasteiger partial charge on any atom is 0.409 e. The number of hydrogen-bond acceptors (Lipinski definition) is 4. The Morgan fingerprint density at radius 1 is 1.19 bits per heavy atom. The van der Waals surface area contributed by atoms with Crippen molar-refractivity contribution in [2.45, 2.75) is 32.2 Å². The monoisotopic (exact) mass is 359 g/mol. The molecule has 1 saturated heterocycles. The summed E-state index contributed by atoms with van der Waals surface area (Å²) < 4.78 is 5.04. The van der Waals surface area contributed by atoms with Crippen LogP contribution in [-0.2, 0) is 16.0 Å². The van der Waals surface area contributed by atoms with E-state index in [1.54, 1.807) is 4.90 Å². The van der Waals surface area contributed by atoms with E-state index in [-0.39, 0.29) is 18.0 Å². The molecule has 1 aliphatic heterocycles. The molecule has 0 bridgehead atoms. The van der Waals surface area contributed by atoms with Crippen LogP contribution in [0.15, 0.2) is 24.3 Å². The molecule has 1 atom stereocenters. The normalized spacial score (nSPS) is 20.4. The molecule has 6 nitrogen and oxygen atoms in total. The maximum absolute atomic E-state index is 12.8. The molecule has 0 saturated carbocycles. The standard InChI is InChI=1S/C20H29N3O3/c1-3-26-20(25)23-13-11-22(12-14-23)15-19(24)21(2)18-10-6-8-16-7-4-5-9-17(16)18/h4-5,7,9,18H,3,6,8,10-15H2,1-2H3. The Labute approximate surface area is 155 Å². The van der Waals surface area contributed by atoms with Crippen LogP contribution < -0.4 is 0 Å². The van der Waals surface area contributed by atoms with Crippen LogP contribution in [0.1, 0.15) is 36.9 Å². The molecule has 1 aromatic carbocycles. The largest absolute Gasteiger partial charge is 0.450 e. The highest BCUT2D eigenvalue weighted by atomic mass is 16.6. The van der Waals surface area contributed by atoms with Crippen LogP contribution in [-0.4, -0.2) is 73.1 Å². The first-order valence-corrected chi connectivity index (χ1v) is 9.57. The molecular weight excluding hydrogens is 330 g/mol. The number of carbonyl (C=O) groups is 2. The second-order valence-corrected chi connectivity index (χ2v) is 7.07. The molecule has 142 valence electrons. The molecule has 2 aliphatic rings. The van der Waals surface area contributed by atoms with E-state index in [2.05, 4.69) is 29.2 Å². The lowest BCUT2D eigenvalue weighted by Gasteiger charge is -2.37. The number of likely N-dealkylation sites (N-methyl/N-ethyl adjacent to an activating group) is 1. The molecule has 2 amide bonds. The van der Waals surface area contributed by atoms with Gasteiger partial charge in [-0.05, 0) is 37.3 Å². The van der Waals surface area contributed by atoms with E-state index in [0.29, 0.717) is 39.3 Å². The quantitative estimate of drug-likeness (QED) is 0.828. The van der Waals surface area contributed by atoms with Crippen LogP contribution in [0.3, 0.4) is 0 Å². The maximum atomic E-state index is 12.8. The van der Waals surface area contributed by atoms with E-state index in [1.807, 2.05) is 18.9 Å². The molecule has 1 aromatic rings. The number of hydrogen-bond donors (Lipinski definition) is 0. The SMILES string of the molecule is CCOC(=O)N1CCN(CC(=O)N(C)C2CCCc3ccccc32)CC1. The average Bonchev–Trinajstić information content (AvgIpc) is 2.67. The van der Waals surface area contributed by atoms with Gasteiger partial charge in [-0.1, -0.05) is 24.3 Å². The Bertz CT molecular complexity index is 641.